The Morgan fingerprint density at radius 3 is 2.74 bits per heavy atom. The van der Waals surface area contributed by atoms with Crippen LogP contribution in [0.25, 0.3) is 0 Å². The number of ketones is 1. The molecule has 1 unspecified atom stereocenters. The molecule has 3 atom stereocenters. The fourth-order valence-corrected chi connectivity index (χ4v) is 3.18. The van der Waals surface area contributed by atoms with E-state index in [-0.39, 0.29) is 24.6 Å². The molecule has 0 amide bonds. The predicted molar refractivity (Wildman–Crippen MR) is 79.2 cm³/mol. The fourth-order valence-electron chi connectivity index (χ4n) is 3.18. The van der Waals surface area contributed by atoms with Crippen LogP contribution in [0.4, 0.5) is 0 Å². The number of aliphatic hydroxyl groups is 1. The number of esters is 1. The van der Waals surface area contributed by atoms with Crippen LogP contribution < -0.4 is 0 Å². The van der Waals surface area contributed by atoms with Crippen LogP contribution in [-0.2, 0) is 23.8 Å². The Balaban J connectivity index is 2.12. The maximum absolute atomic E-state index is 12.6. The van der Waals surface area contributed by atoms with E-state index in [1.807, 2.05) is 30.3 Å². The summed E-state index contributed by atoms with van der Waals surface area (Å²) in [5, 5.41) is 10.5. The van der Waals surface area contributed by atoms with E-state index in [0.29, 0.717) is 6.61 Å². The third-order valence-corrected chi connectivity index (χ3v) is 4.43. The van der Waals surface area contributed by atoms with E-state index in [1.54, 1.807) is 6.08 Å². The van der Waals surface area contributed by atoms with Gasteiger partial charge in [-0.1, -0.05) is 30.3 Å². The van der Waals surface area contributed by atoms with Gasteiger partial charge in [0.05, 0.1) is 20.3 Å². The first-order chi connectivity index (χ1) is 11.1. The molecule has 6 heteroatoms. The van der Waals surface area contributed by atoms with E-state index in [1.165, 1.54) is 7.11 Å². The molecule has 3 rings (SSSR count). The summed E-state index contributed by atoms with van der Waals surface area (Å²) in [4.78, 5) is 24.4. The maximum atomic E-state index is 12.6. The Morgan fingerprint density at radius 2 is 2.09 bits per heavy atom. The number of carbonyl (C=O) groups excluding carboxylic acids is 2. The van der Waals surface area contributed by atoms with Crippen molar-refractivity contribution < 1.29 is 28.9 Å². The molecule has 0 saturated carbocycles. The summed E-state index contributed by atoms with van der Waals surface area (Å²) < 4.78 is 15.4. The number of methoxy groups -OCH3 is 1. The lowest BCUT2D eigenvalue weighted by Crippen LogP contribution is -2.56. The molecule has 1 aromatic rings. The van der Waals surface area contributed by atoms with Gasteiger partial charge in [0.2, 0.25) is 12.0 Å². The lowest BCUT2D eigenvalue weighted by molar-refractivity contribution is -0.206. The van der Waals surface area contributed by atoms with Crippen LogP contribution in [0, 0.1) is 5.41 Å². The molecule has 2 heterocycles. The number of hydrogen-bond acceptors (Lipinski definition) is 6. The van der Waals surface area contributed by atoms with Crippen LogP contribution in [0.2, 0.25) is 0 Å². The normalized spacial score (nSPS) is 30.5. The van der Waals surface area contributed by atoms with E-state index in [4.69, 9.17) is 9.47 Å². The van der Waals surface area contributed by atoms with Crippen molar-refractivity contribution >= 4 is 11.8 Å². The minimum absolute atomic E-state index is 0.0392. The summed E-state index contributed by atoms with van der Waals surface area (Å²) in [7, 11) is 1.23. The van der Waals surface area contributed by atoms with Gasteiger partial charge in [-0.25, -0.2) is 4.79 Å². The Labute approximate surface area is 133 Å². The summed E-state index contributed by atoms with van der Waals surface area (Å²) in [6.07, 6.45) is 0.269. The lowest BCUT2D eigenvalue weighted by Gasteiger charge is -2.45. The molecular formula is C17H18O6. The van der Waals surface area contributed by atoms with Gasteiger partial charge in [-0.3, -0.25) is 4.79 Å². The standard InChI is InChI=1S/C17H18O6/c1-21-15(19)13-9-12(11-5-3-2-4-6-11)17(16(20)23-13)10-22-8-7-14(17)18/h2-6,9,12,16,20H,7-8,10H2,1H3/t12-,16?,17+/m1/s1. The van der Waals surface area contributed by atoms with Crippen molar-refractivity contribution in [3.8, 4) is 0 Å². The van der Waals surface area contributed by atoms with Gasteiger partial charge in [-0.05, 0) is 11.6 Å². The molecule has 1 fully saturated rings. The van der Waals surface area contributed by atoms with Crippen LogP contribution in [0.15, 0.2) is 42.2 Å². The first kappa shape index (κ1) is 15.7. The molecule has 2 aliphatic rings. The monoisotopic (exact) mass is 318 g/mol. The van der Waals surface area contributed by atoms with E-state index >= 15 is 0 Å². The van der Waals surface area contributed by atoms with Gasteiger partial charge in [0.15, 0.2) is 5.78 Å². The van der Waals surface area contributed by atoms with Crippen molar-refractivity contribution in [2.45, 2.75) is 18.6 Å². The zero-order chi connectivity index (χ0) is 16.4. The number of aliphatic hydroxyl groups excluding tert-OH is 1. The summed E-state index contributed by atoms with van der Waals surface area (Å²) in [6.45, 7) is 0.361. The third-order valence-electron chi connectivity index (χ3n) is 4.43. The molecule has 1 N–H and O–H groups in total. The number of Topliss-reactive ketones (excluding diaryl/α,β-unsaturated/α-hetero) is 1. The van der Waals surface area contributed by atoms with E-state index in [2.05, 4.69) is 4.74 Å². The molecule has 1 saturated heterocycles. The van der Waals surface area contributed by atoms with Crippen molar-refractivity contribution in [3.05, 3.63) is 47.7 Å². The number of ether oxygens (including phenoxy) is 3. The molecular weight excluding hydrogens is 300 g/mol. The van der Waals surface area contributed by atoms with Crippen LogP contribution in [0.5, 0.6) is 0 Å². The smallest absolute Gasteiger partial charge is 0.373 e. The van der Waals surface area contributed by atoms with Crippen molar-refractivity contribution in [2.75, 3.05) is 20.3 Å². The highest BCUT2D eigenvalue weighted by Gasteiger charge is 2.56. The molecule has 23 heavy (non-hydrogen) atoms. The third kappa shape index (κ3) is 2.54. The topological polar surface area (TPSA) is 82.1 Å². The molecule has 6 nitrogen and oxygen atoms in total. The first-order valence-corrected chi connectivity index (χ1v) is 7.40. The highest BCUT2D eigenvalue weighted by molar-refractivity contribution is 5.90. The van der Waals surface area contributed by atoms with Gasteiger partial charge in [0, 0.05) is 12.3 Å². The van der Waals surface area contributed by atoms with E-state index in [0.717, 1.165) is 5.56 Å². The fraction of sp³-hybridized carbons (Fsp3) is 0.412. The average molecular weight is 318 g/mol. The molecule has 1 spiro atoms. The summed E-state index contributed by atoms with van der Waals surface area (Å²) in [5.74, 6) is -1.46. The lowest BCUT2D eigenvalue weighted by atomic mass is 9.66. The van der Waals surface area contributed by atoms with Gasteiger partial charge < -0.3 is 19.3 Å². The Kier molecular flexibility index (Phi) is 4.19. The zero-order valence-corrected chi connectivity index (χ0v) is 12.7. The van der Waals surface area contributed by atoms with Gasteiger partial charge in [0.1, 0.15) is 5.41 Å². The van der Waals surface area contributed by atoms with Crippen LogP contribution in [-0.4, -0.2) is 43.5 Å². The first-order valence-electron chi connectivity index (χ1n) is 7.40. The van der Waals surface area contributed by atoms with Crippen molar-refractivity contribution in [1.82, 2.24) is 0 Å². The van der Waals surface area contributed by atoms with E-state index < -0.39 is 23.6 Å². The second-order valence-electron chi connectivity index (χ2n) is 5.65. The minimum Gasteiger partial charge on any atom is -0.463 e. The number of benzene rings is 1. The van der Waals surface area contributed by atoms with Gasteiger partial charge >= 0.3 is 5.97 Å². The molecule has 0 bridgehead atoms. The highest BCUT2D eigenvalue weighted by Crippen LogP contribution is 2.48. The van der Waals surface area contributed by atoms with Crippen LogP contribution in [0.1, 0.15) is 17.9 Å². The quantitative estimate of drug-likeness (QED) is 0.824. The SMILES string of the molecule is COC(=O)C1=C[C@H](c2ccccc2)[C@]2(COCCC2=O)C(O)O1. The minimum atomic E-state index is -1.47. The van der Waals surface area contributed by atoms with Crippen molar-refractivity contribution in [2.24, 2.45) is 5.41 Å². The average Bonchev–Trinajstić information content (AvgIpc) is 2.59. The number of carbonyl (C=O) groups is 2. The number of hydrogen-bond donors (Lipinski definition) is 1. The molecule has 1 aromatic carbocycles. The second-order valence-corrected chi connectivity index (χ2v) is 5.65. The van der Waals surface area contributed by atoms with Gasteiger partial charge in [-0.2, -0.15) is 0 Å². The van der Waals surface area contributed by atoms with Crippen molar-refractivity contribution in [1.29, 1.82) is 0 Å². The Morgan fingerprint density at radius 1 is 1.35 bits per heavy atom. The molecule has 122 valence electrons. The summed E-state index contributed by atoms with van der Waals surface area (Å²) >= 11 is 0. The van der Waals surface area contributed by atoms with Crippen LogP contribution >= 0.6 is 0 Å². The number of allylic oxidation sites excluding steroid dienone is 1. The van der Waals surface area contributed by atoms with Crippen LogP contribution in [0.3, 0.4) is 0 Å². The largest absolute Gasteiger partial charge is 0.463 e. The van der Waals surface area contributed by atoms with Gasteiger partial charge in [0.25, 0.3) is 0 Å². The molecule has 2 aliphatic heterocycles. The molecule has 0 aliphatic carbocycles. The number of rotatable bonds is 2. The predicted octanol–water partition coefficient (Wildman–Crippen LogP) is 1.15. The summed E-state index contributed by atoms with van der Waals surface area (Å²) in [6, 6.07) is 9.22. The molecule has 0 radical (unpaired) electrons. The highest BCUT2D eigenvalue weighted by atomic mass is 16.6. The van der Waals surface area contributed by atoms with E-state index in [9.17, 15) is 14.7 Å². The second kappa shape index (κ2) is 6.14. The maximum Gasteiger partial charge on any atom is 0.373 e. The Bertz CT molecular complexity index is 638. The van der Waals surface area contributed by atoms with Gasteiger partial charge in [-0.15, -0.1) is 0 Å². The van der Waals surface area contributed by atoms with Crippen molar-refractivity contribution in [3.63, 3.8) is 0 Å². The molecule has 0 aromatic heterocycles. The summed E-state index contributed by atoms with van der Waals surface area (Å²) in [5.41, 5.74) is -0.452. The Hall–Kier alpha value is -2.18. The zero-order valence-electron chi connectivity index (χ0n) is 12.7.